The number of rotatable bonds is 7. The zero-order valence-electron chi connectivity index (χ0n) is 36.9. The highest BCUT2D eigenvalue weighted by Gasteiger charge is 2.47. The Labute approximate surface area is 393 Å². The lowest BCUT2D eigenvalue weighted by atomic mass is 9.67. The first-order valence-corrected chi connectivity index (χ1v) is 23.3. The number of nitrogens with zero attached hydrogens (tertiary/aromatic N) is 1. The first-order valence-electron chi connectivity index (χ1n) is 23.3. The summed E-state index contributed by atoms with van der Waals surface area (Å²) in [5.74, 6) is 0. The van der Waals surface area contributed by atoms with Crippen LogP contribution in [0, 0.1) is 0 Å². The molecule has 0 bridgehead atoms. The Morgan fingerprint density at radius 1 is 0.309 bits per heavy atom. The van der Waals surface area contributed by atoms with Crippen molar-refractivity contribution in [3.8, 4) is 33.4 Å². The van der Waals surface area contributed by atoms with Crippen molar-refractivity contribution < 1.29 is 8.83 Å². The van der Waals surface area contributed by atoms with Crippen LogP contribution in [0.3, 0.4) is 0 Å². The minimum Gasteiger partial charge on any atom is -0.456 e. The van der Waals surface area contributed by atoms with Crippen molar-refractivity contribution in [2.75, 3.05) is 4.90 Å². The van der Waals surface area contributed by atoms with Gasteiger partial charge >= 0.3 is 0 Å². The monoisotopic (exact) mass is 867 g/mol. The smallest absolute Gasteiger partial charge is 0.159 e. The second kappa shape index (κ2) is 15.1. The van der Waals surface area contributed by atoms with E-state index in [9.17, 15) is 0 Å². The third-order valence-corrected chi connectivity index (χ3v) is 14.3. The van der Waals surface area contributed by atoms with Crippen molar-refractivity contribution in [3.05, 3.63) is 271 Å². The van der Waals surface area contributed by atoms with Crippen LogP contribution < -0.4 is 4.90 Å². The van der Waals surface area contributed by atoms with Crippen LogP contribution >= 0.6 is 0 Å². The molecule has 68 heavy (non-hydrogen) atoms. The van der Waals surface area contributed by atoms with Gasteiger partial charge in [-0.2, -0.15) is 0 Å². The van der Waals surface area contributed by atoms with E-state index < -0.39 is 5.41 Å². The van der Waals surface area contributed by atoms with Crippen molar-refractivity contribution in [2.24, 2.45) is 0 Å². The molecular formula is C65H41NO2. The van der Waals surface area contributed by atoms with Gasteiger partial charge in [0.2, 0.25) is 0 Å². The average Bonchev–Trinajstić information content (AvgIpc) is 4.08. The summed E-state index contributed by atoms with van der Waals surface area (Å²) in [6.45, 7) is 0. The molecule has 0 N–H and O–H groups in total. The molecule has 0 saturated heterocycles. The van der Waals surface area contributed by atoms with Crippen molar-refractivity contribution in [3.63, 3.8) is 0 Å². The van der Waals surface area contributed by atoms with Crippen LogP contribution in [0.5, 0.6) is 0 Å². The maximum atomic E-state index is 6.61. The second-order valence-corrected chi connectivity index (χ2v) is 17.9. The summed E-state index contributed by atoms with van der Waals surface area (Å²) in [6, 6.07) is 90.2. The van der Waals surface area contributed by atoms with E-state index in [4.69, 9.17) is 8.83 Å². The third-order valence-electron chi connectivity index (χ3n) is 14.3. The Kier molecular flexibility index (Phi) is 8.50. The number of benzene rings is 11. The van der Waals surface area contributed by atoms with E-state index in [1.165, 1.54) is 49.7 Å². The van der Waals surface area contributed by atoms with E-state index in [0.29, 0.717) is 0 Å². The van der Waals surface area contributed by atoms with E-state index >= 15 is 0 Å². The number of hydrogen-bond acceptors (Lipinski definition) is 3. The Morgan fingerprint density at radius 2 is 0.853 bits per heavy atom. The van der Waals surface area contributed by atoms with Crippen molar-refractivity contribution >= 4 is 71.7 Å². The molecule has 3 heteroatoms. The zero-order valence-corrected chi connectivity index (χ0v) is 36.9. The molecule has 0 unspecified atom stereocenters. The average molecular weight is 868 g/mol. The maximum Gasteiger partial charge on any atom is 0.159 e. The summed E-state index contributed by atoms with van der Waals surface area (Å²) < 4.78 is 12.9. The highest BCUT2D eigenvalue weighted by atomic mass is 16.3. The molecule has 318 valence electrons. The number of anilines is 3. The van der Waals surface area contributed by atoms with E-state index in [1.54, 1.807) is 0 Å². The summed E-state index contributed by atoms with van der Waals surface area (Å²) in [7, 11) is 0. The van der Waals surface area contributed by atoms with Gasteiger partial charge in [0.1, 0.15) is 16.7 Å². The largest absolute Gasteiger partial charge is 0.456 e. The minimum absolute atomic E-state index is 0.621. The SMILES string of the molecule is c1ccc(N(c2ccc(-c3ccc4c(c3)C(c3ccccc3)(c3ccccc3)c3cc(-c5ccc6oc7ccccc7c6c5)c5ccccc5c3-4)cc2)c2cccc3c2oc2ccccc23)cc1. The van der Waals surface area contributed by atoms with Crippen LogP contribution in [0.1, 0.15) is 22.3 Å². The highest BCUT2D eigenvalue weighted by Crippen LogP contribution is 2.60. The van der Waals surface area contributed by atoms with Crippen LogP contribution in [-0.4, -0.2) is 0 Å². The molecule has 14 rings (SSSR count). The van der Waals surface area contributed by atoms with Crippen LogP contribution in [-0.2, 0) is 5.41 Å². The molecular weight excluding hydrogens is 827 g/mol. The molecule has 13 aromatic rings. The maximum absolute atomic E-state index is 6.61. The zero-order chi connectivity index (χ0) is 44.8. The van der Waals surface area contributed by atoms with Crippen molar-refractivity contribution in [1.82, 2.24) is 0 Å². The number of para-hydroxylation sites is 4. The van der Waals surface area contributed by atoms with Gasteiger partial charge in [-0.3, -0.25) is 0 Å². The highest BCUT2D eigenvalue weighted by molar-refractivity contribution is 6.13. The van der Waals surface area contributed by atoms with Crippen molar-refractivity contribution in [2.45, 2.75) is 5.41 Å². The molecule has 0 spiro atoms. The fourth-order valence-corrected chi connectivity index (χ4v) is 11.4. The van der Waals surface area contributed by atoms with Crippen molar-refractivity contribution in [1.29, 1.82) is 0 Å². The van der Waals surface area contributed by atoms with E-state index in [2.05, 4.69) is 235 Å². The molecule has 2 aromatic heterocycles. The minimum atomic E-state index is -0.621. The van der Waals surface area contributed by atoms with Crippen LogP contribution in [0.4, 0.5) is 17.1 Å². The normalized spacial score (nSPS) is 12.8. The fraction of sp³-hybridized carbons (Fsp3) is 0.0154. The standard InChI is InChI=1S/C65H41NO2/c1-4-17-45(18-5-1)65(46-19-6-2-7-20-46)57-40-43(42-31-35-48(36-32-42)66(47-21-8-3-9-22-47)59-28-16-27-53-50-24-12-15-30-61(50)68-64(53)59)33-37-54(57)63-52-26-11-10-23-49(52)55(41-58(63)65)44-34-38-62-56(39-44)51-25-13-14-29-60(51)67-62/h1-41H. The Hall–Kier alpha value is -8.92. The van der Waals surface area contributed by atoms with Gasteiger partial charge in [-0.05, 0) is 133 Å². The van der Waals surface area contributed by atoms with Gasteiger partial charge in [-0.15, -0.1) is 0 Å². The van der Waals surface area contributed by atoms with Gasteiger partial charge in [0.05, 0.1) is 11.1 Å². The number of hydrogen-bond donors (Lipinski definition) is 0. The molecule has 0 radical (unpaired) electrons. The Bertz CT molecular complexity index is 4030. The van der Waals surface area contributed by atoms with Gasteiger partial charge in [-0.25, -0.2) is 0 Å². The molecule has 2 heterocycles. The number of furan rings is 2. The summed E-state index contributed by atoms with van der Waals surface area (Å²) >= 11 is 0. The van der Waals surface area contributed by atoms with Gasteiger partial charge in [0.15, 0.2) is 5.58 Å². The Morgan fingerprint density at radius 3 is 1.57 bits per heavy atom. The van der Waals surface area contributed by atoms with Gasteiger partial charge in [0.25, 0.3) is 0 Å². The summed E-state index contributed by atoms with van der Waals surface area (Å²) in [4.78, 5) is 2.30. The quantitative estimate of drug-likeness (QED) is 0.160. The summed E-state index contributed by atoms with van der Waals surface area (Å²) in [5, 5.41) is 6.93. The predicted octanol–water partition coefficient (Wildman–Crippen LogP) is 17.8. The lowest BCUT2D eigenvalue weighted by molar-refractivity contribution is 0.668. The lowest BCUT2D eigenvalue weighted by Crippen LogP contribution is -2.28. The fourth-order valence-electron chi connectivity index (χ4n) is 11.4. The third kappa shape index (κ3) is 5.66. The van der Waals surface area contributed by atoms with E-state index in [1.807, 2.05) is 18.2 Å². The molecule has 0 saturated carbocycles. The molecule has 1 aliphatic carbocycles. The second-order valence-electron chi connectivity index (χ2n) is 17.9. The number of fused-ring (bicyclic) bond motifs is 11. The lowest BCUT2D eigenvalue weighted by Gasteiger charge is -2.34. The molecule has 0 fully saturated rings. The predicted molar refractivity (Wildman–Crippen MR) is 281 cm³/mol. The summed E-state index contributed by atoms with van der Waals surface area (Å²) in [5.41, 5.74) is 18.2. The molecule has 11 aromatic carbocycles. The van der Waals surface area contributed by atoms with Gasteiger partial charge < -0.3 is 13.7 Å². The molecule has 0 aliphatic heterocycles. The van der Waals surface area contributed by atoms with Crippen LogP contribution in [0.25, 0.3) is 88.0 Å². The van der Waals surface area contributed by atoms with Gasteiger partial charge in [-0.1, -0.05) is 182 Å². The van der Waals surface area contributed by atoms with E-state index in [0.717, 1.165) is 77.6 Å². The van der Waals surface area contributed by atoms with Crippen LogP contribution in [0.2, 0.25) is 0 Å². The topological polar surface area (TPSA) is 29.5 Å². The Balaban J connectivity index is 0.969. The molecule has 0 atom stereocenters. The van der Waals surface area contributed by atoms with E-state index in [-0.39, 0.29) is 0 Å². The summed E-state index contributed by atoms with van der Waals surface area (Å²) in [6.07, 6.45) is 0. The first kappa shape index (κ1) is 38.4. The first-order chi connectivity index (χ1) is 33.7. The van der Waals surface area contributed by atoms with Gasteiger partial charge in [0, 0.05) is 32.9 Å². The molecule has 3 nitrogen and oxygen atoms in total. The molecule has 1 aliphatic rings. The van der Waals surface area contributed by atoms with Crippen LogP contribution in [0.15, 0.2) is 258 Å². The molecule has 0 amide bonds.